The van der Waals surface area contributed by atoms with E-state index >= 15 is 0 Å². The van der Waals surface area contributed by atoms with E-state index in [1.165, 1.54) is 0 Å². The standard InChI is InChI=1S/C11H11N3O5S/c1-7-2-4-8(5-3-7)19-11(15)9-6-10(13-14(9)12)20(16,17)18/h2-6H,12H2,1H3,(H,16,17,18). The fourth-order valence-electron chi connectivity index (χ4n) is 1.42. The Morgan fingerprint density at radius 1 is 1.35 bits per heavy atom. The lowest BCUT2D eigenvalue weighted by atomic mass is 10.2. The molecule has 1 aromatic carbocycles. The van der Waals surface area contributed by atoms with Crippen molar-refractivity contribution in [2.75, 3.05) is 5.84 Å². The fourth-order valence-corrected chi connectivity index (χ4v) is 1.87. The second-order valence-corrected chi connectivity index (χ2v) is 5.36. The van der Waals surface area contributed by atoms with Crippen LogP contribution in [0.25, 0.3) is 0 Å². The van der Waals surface area contributed by atoms with Gasteiger partial charge in [-0.2, -0.15) is 13.2 Å². The number of hydrogen-bond donors (Lipinski definition) is 2. The minimum Gasteiger partial charge on any atom is -0.422 e. The van der Waals surface area contributed by atoms with Gasteiger partial charge in [0.15, 0.2) is 5.69 Å². The van der Waals surface area contributed by atoms with E-state index in [2.05, 4.69) is 5.10 Å². The molecule has 1 heterocycles. The van der Waals surface area contributed by atoms with Gasteiger partial charge >= 0.3 is 16.1 Å². The first-order valence-corrected chi connectivity index (χ1v) is 6.83. The summed E-state index contributed by atoms with van der Waals surface area (Å²) in [4.78, 5) is 12.3. The molecule has 0 saturated heterocycles. The molecule has 0 aliphatic carbocycles. The monoisotopic (exact) mass is 297 g/mol. The van der Waals surface area contributed by atoms with Crippen LogP contribution in [0.2, 0.25) is 0 Å². The van der Waals surface area contributed by atoms with Crippen molar-refractivity contribution in [3.8, 4) is 5.75 Å². The van der Waals surface area contributed by atoms with Crippen molar-refractivity contribution in [1.82, 2.24) is 9.89 Å². The average Bonchev–Trinajstić information content (AvgIpc) is 2.74. The van der Waals surface area contributed by atoms with Gasteiger partial charge in [-0.15, -0.1) is 5.10 Å². The van der Waals surface area contributed by atoms with Crippen molar-refractivity contribution >= 4 is 16.1 Å². The molecule has 0 aliphatic heterocycles. The third kappa shape index (κ3) is 2.95. The molecule has 8 nitrogen and oxygen atoms in total. The van der Waals surface area contributed by atoms with Crippen LogP contribution in [-0.4, -0.2) is 28.8 Å². The number of nitrogens with two attached hydrogens (primary N) is 1. The van der Waals surface area contributed by atoms with Crippen LogP contribution in [0, 0.1) is 6.92 Å². The number of nitrogens with zero attached hydrogens (tertiary/aromatic N) is 2. The van der Waals surface area contributed by atoms with E-state index in [1.54, 1.807) is 24.3 Å². The highest BCUT2D eigenvalue weighted by atomic mass is 32.2. The van der Waals surface area contributed by atoms with Gasteiger partial charge in [0.05, 0.1) is 0 Å². The summed E-state index contributed by atoms with van der Waals surface area (Å²) in [5, 5.41) is 2.59. The summed E-state index contributed by atoms with van der Waals surface area (Å²) >= 11 is 0. The molecule has 106 valence electrons. The molecule has 20 heavy (non-hydrogen) atoms. The number of aryl methyl sites for hydroxylation is 1. The lowest BCUT2D eigenvalue weighted by Gasteiger charge is -2.04. The number of benzene rings is 1. The average molecular weight is 297 g/mol. The first-order chi connectivity index (χ1) is 9.27. The summed E-state index contributed by atoms with van der Waals surface area (Å²) < 4.78 is 35.6. The minimum atomic E-state index is -4.54. The third-order valence-corrected chi connectivity index (χ3v) is 3.15. The van der Waals surface area contributed by atoms with Crippen LogP contribution in [0.15, 0.2) is 35.4 Å². The lowest BCUT2D eigenvalue weighted by Crippen LogP contribution is -2.21. The van der Waals surface area contributed by atoms with Gasteiger partial charge in [0.1, 0.15) is 5.75 Å². The maximum Gasteiger partial charge on any atom is 0.364 e. The largest absolute Gasteiger partial charge is 0.422 e. The number of rotatable bonds is 3. The Bertz CT molecular complexity index is 749. The topological polar surface area (TPSA) is 125 Å². The molecule has 0 spiro atoms. The Balaban J connectivity index is 2.26. The predicted octanol–water partition coefficient (Wildman–Crippen LogP) is 0.371. The van der Waals surface area contributed by atoms with Gasteiger partial charge < -0.3 is 10.6 Å². The number of carbonyl (C=O) groups is 1. The van der Waals surface area contributed by atoms with Gasteiger partial charge in [-0.1, -0.05) is 17.7 Å². The predicted molar refractivity (Wildman–Crippen MR) is 68.3 cm³/mol. The molecule has 2 aromatic rings. The Hall–Kier alpha value is -2.39. The van der Waals surface area contributed by atoms with Crippen molar-refractivity contribution < 1.29 is 22.5 Å². The maximum absolute atomic E-state index is 11.8. The van der Waals surface area contributed by atoms with E-state index in [0.29, 0.717) is 4.79 Å². The SMILES string of the molecule is Cc1ccc(OC(=O)c2cc(S(=O)(=O)O)nn2N)cc1. The van der Waals surface area contributed by atoms with Crippen molar-refractivity contribution in [3.63, 3.8) is 0 Å². The molecule has 2 rings (SSSR count). The highest BCUT2D eigenvalue weighted by Gasteiger charge is 2.22. The van der Waals surface area contributed by atoms with Crippen molar-refractivity contribution in [2.24, 2.45) is 0 Å². The Morgan fingerprint density at radius 3 is 2.45 bits per heavy atom. The first kappa shape index (κ1) is 14.0. The summed E-state index contributed by atoms with van der Waals surface area (Å²) in [6.07, 6.45) is 0. The smallest absolute Gasteiger partial charge is 0.364 e. The zero-order chi connectivity index (χ0) is 14.9. The molecule has 0 amide bonds. The van der Waals surface area contributed by atoms with Crippen LogP contribution in [-0.2, 0) is 10.1 Å². The van der Waals surface area contributed by atoms with Gasteiger partial charge in [-0.3, -0.25) is 4.55 Å². The van der Waals surface area contributed by atoms with Crippen LogP contribution in [0.4, 0.5) is 0 Å². The number of nitrogen functional groups attached to an aromatic ring is 1. The molecule has 0 radical (unpaired) electrons. The van der Waals surface area contributed by atoms with E-state index in [9.17, 15) is 13.2 Å². The summed E-state index contributed by atoms with van der Waals surface area (Å²) in [5.41, 5.74) is 0.681. The molecule has 1 aromatic heterocycles. The molecular weight excluding hydrogens is 286 g/mol. The number of carbonyl (C=O) groups excluding carboxylic acids is 1. The number of ether oxygens (including phenoxy) is 1. The van der Waals surface area contributed by atoms with Crippen molar-refractivity contribution in [3.05, 3.63) is 41.6 Å². The van der Waals surface area contributed by atoms with E-state index < -0.39 is 21.1 Å². The van der Waals surface area contributed by atoms with Crippen LogP contribution < -0.4 is 10.6 Å². The van der Waals surface area contributed by atoms with E-state index in [1.807, 2.05) is 6.92 Å². The van der Waals surface area contributed by atoms with Crippen molar-refractivity contribution in [1.29, 1.82) is 0 Å². The summed E-state index contributed by atoms with van der Waals surface area (Å²) in [6.45, 7) is 1.87. The Morgan fingerprint density at radius 2 is 1.95 bits per heavy atom. The maximum atomic E-state index is 11.8. The molecule has 0 aliphatic rings. The third-order valence-electron chi connectivity index (χ3n) is 2.42. The van der Waals surface area contributed by atoms with E-state index in [0.717, 1.165) is 11.6 Å². The highest BCUT2D eigenvalue weighted by Crippen LogP contribution is 2.15. The van der Waals surface area contributed by atoms with Gasteiger partial charge in [0.25, 0.3) is 0 Å². The van der Waals surface area contributed by atoms with Crippen molar-refractivity contribution in [2.45, 2.75) is 11.9 Å². The minimum absolute atomic E-state index is 0.273. The fraction of sp³-hybridized carbons (Fsp3) is 0.0909. The first-order valence-electron chi connectivity index (χ1n) is 5.39. The van der Waals surface area contributed by atoms with Crippen LogP contribution in [0.1, 0.15) is 16.1 Å². The van der Waals surface area contributed by atoms with Gasteiger partial charge in [-0.05, 0) is 19.1 Å². The number of esters is 1. The highest BCUT2D eigenvalue weighted by molar-refractivity contribution is 7.85. The van der Waals surface area contributed by atoms with Crippen LogP contribution >= 0.6 is 0 Å². The molecule has 0 atom stereocenters. The molecule has 0 unspecified atom stereocenters. The summed E-state index contributed by atoms with van der Waals surface area (Å²) in [7, 11) is -4.54. The van der Waals surface area contributed by atoms with E-state index in [4.69, 9.17) is 15.1 Å². The van der Waals surface area contributed by atoms with Gasteiger partial charge in [0.2, 0.25) is 5.03 Å². The Kier molecular flexibility index (Phi) is 3.47. The van der Waals surface area contributed by atoms with Crippen LogP contribution in [0.5, 0.6) is 5.75 Å². The Labute approximate surface area is 114 Å². The molecule has 0 fully saturated rings. The molecule has 3 N–H and O–H groups in total. The van der Waals surface area contributed by atoms with Gasteiger partial charge in [-0.25, -0.2) is 4.79 Å². The number of hydrogen-bond acceptors (Lipinski definition) is 6. The molecule has 9 heteroatoms. The quantitative estimate of drug-likeness (QED) is 0.363. The van der Waals surface area contributed by atoms with Crippen LogP contribution in [0.3, 0.4) is 0 Å². The zero-order valence-electron chi connectivity index (χ0n) is 10.3. The zero-order valence-corrected chi connectivity index (χ0v) is 11.2. The van der Waals surface area contributed by atoms with Gasteiger partial charge in [0, 0.05) is 6.07 Å². The molecule has 0 saturated carbocycles. The van der Waals surface area contributed by atoms with E-state index in [-0.39, 0.29) is 11.4 Å². The molecule has 0 bridgehead atoms. The lowest BCUT2D eigenvalue weighted by molar-refractivity contribution is 0.0724. The number of aromatic nitrogens is 2. The summed E-state index contributed by atoms with van der Waals surface area (Å²) in [5.74, 6) is 4.73. The normalized spacial score (nSPS) is 11.3. The molecular formula is C11H11N3O5S. The summed E-state index contributed by atoms with van der Waals surface area (Å²) in [6, 6.07) is 7.46. The second-order valence-electron chi connectivity index (χ2n) is 3.99. The second kappa shape index (κ2) is 4.94.